The molecular formula is C16H22N2O. The van der Waals surface area contributed by atoms with Gasteiger partial charge in [0.1, 0.15) is 5.75 Å². The highest BCUT2D eigenvalue weighted by Gasteiger charge is 2.23. The second-order valence-corrected chi connectivity index (χ2v) is 5.69. The number of hydrogen-bond donors (Lipinski definition) is 2. The van der Waals surface area contributed by atoms with Crippen molar-refractivity contribution in [1.82, 2.24) is 9.88 Å². The van der Waals surface area contributed by atoms with E-state index in [1.807, 2.05) is 12.1 Å². The van der Waals surface area contributed by atoms with E-state index in [4.69, 9.17) is 0 Å². The number of phenols is 1. The maximum Gasteiger partial charge on any atom is 0.116 e. The molecule has 3 rings (SSSR count). The summed E-state index contributed by atoms with van der Waals surface area (Å²) in [4.78, 5) is 6.03. The Labute approximate surface area is 114 Å². The third-order valence-electron chi connectivity index (χ3n) is 4.38. The van der Waals surface area contributed by atoms with Gasteiger partial charge >= 0.3 is 0 Å². The molecule has 0 saturated heterocycles. The molecule has 0 amide bonds. The molecule has 1 unspecified atom stereocenters. The number of rotatable bonds is 2. The Kier molecular flexibility index (Phi) is 3.23. The molecule has 1 aromatic carbocycles. The molecular weight excluding hydrogens is 236 g/mol. The maximum absolute atomic E-state index is 9.68. The molecule has 2 heterocycles. The number of likely N-dealkylation sites (N-methyl/N-ethyl adjacent to an activating group) is 1. The van der Waals surface area contributed by atoms with Gasteiger partial charge in [-0.3, -0.25) is 0 Å². The number of benzene rings is 1. The molecule has 0 aliphatic carbocycles. The minimum atomic E-state index is 0.358. The molecule has 3 nitrogen and oxygen atoms in total. The van der Waals surface area contributed by atoms with Crippen LogP contribution >= 0.6 is 0 Å². The smallest absolute Gasteiger partial charge is 0.116 e. The highest BCUT2D eigenvalue weighted by Crippen LogP contribution is 2.30. The summed E-state index contributed by atoms with van der Waals surface area (Å²) in [5, 5.41) is 10.9. The van der Waals surface area contributed by atoms with Crippen LogP contribution in [0.2, 0.25) is 0 Å². The van der Waals surface area contributed by atoms with E-state index in [2.05, 4.69) is 23.9 Å². The predicted octanol–water partition coefficient (Wildman–Crippen LogP) is 3.07. The first-order valence-electron chi connectivity index (χ1n) is 7.21. The molecule has 0 radical (unpaired) electrons. The highest BCUT2D eigenvalue weighted by atomic mass is 16.3. The van der Waals surface area contributed by atoms with Crippen LogP contribution in [0.4, 0.5) is 0 Å². The Morgan fingerprint density at radius 1 is 1.42 bits per heavy atom. The number of aromatic nitrogens is 1. The maximum atomic E-state index is 9.68. The Morgan fingerprint density at radius 3 is 3.05 bits per heavy atom. The monoisotopic (exact) mass is 258 g/mol. The van der Waals surface area contributed by atoms with E-state index >= 15 is 0 Å². The van der Waals surface area contributed by atoms with Gasteiger partial charge in [0, 0.05) is 35.6 Å². The Morgan fingerprint density at radius 2 is 2.26 bits per heavy atom. The molecule has 1 aliphatic rings. The van der Waals surface area contributed by atoms with Crippen molar-refractivity contribution in [3.8, 4) is 5.75 Å². The Hall–Kier alpha value is -1.48. The van der Waals surface area contributed by atoms with Crippen LogP contribution in [0.5, 0.6) is 5.75 Å². The van der Waals surface area contributed by atoms with Crippen LogP contribution in [-0.2, 0) is 12.8 Å². The zero-order chi connectivity index (χ0) is 13.4. The molecule has 0 saturated carbocycles. The summed E-state index contributed by atoms with van der Waals surface area (Å²) in [5.74, 6) is 0.358. The van der Waals surface area contributed by atoms with Gasteiger partial charge in [0.2, 0.25) is 0 Å². The minimum Gasteiger partial charge on any atom is -0.508 e. The lowest BCUT2D eigenvalue weighted by atomic mass is 10.0. The van der Waals surface area contributed by atoms with Gasteiger partial charge in [-0.25, -0.2) is 0 Å². The third-order valence-corrected chi connectivity index (χ3v) is 4.38. The van der Waals surface area contributed by atoms with Crippen LogP contribution < -0.4 is 0 Å². The second kappa shape index (κ2) is 4.89. The van der Waals surface area contributed by atoms with Crippen LogP contribution in [0, 0.1) is 0 Å². The van der Waals surface area contributed by atoms with Gasteiger partial charge in [-0.1, -0.05) is 13.3 Å². The van der Waals surface area contributed by atoms with Crippen molar-refractivity contribution in [2.75, 3.05) is 13.6 Å². The lowest BCUT2D eigenvalue weighted by Gasteiger charge is -2.25. The number of aromatic hydroxyl groups is 1. The van der Waals surface area contributed by atoms with Gasteiger partial charge in [0.15, 0.2) is 0 Å². The zero-order valence-electron chi connectivity index (χ0n) is 11.7. The van der Waals surface area contributed by atoms with E-state index in [9.17, 15) is 5.11 Å². The molecule has 0 spiro atoms. The van der Waals surface area contributed by atoms with E-state index < -0.39 is 0 Å². The van der Waals surface area contributed by atoms with Gasteiger partial charge in [-0.15, -0.1) is 0 Å². The lowest BCUT2D eigenvalue weighted by molar-refractivity contribution is 0.236. The van der Waals surface area contributed by atoms with Crippen molar-refractivity contribution >= 4 is 10.9 Å². The van der Waals surface area contributed by atoms with Crippen LogP contribution in [0.25, 0.3) is 10.9 Å². The number of fused-ring (bicyclic) bond motifs is 3. The number of nitrogens with zero attached hydrogens (tertiary/aromatic N) is 1. The van der Waals surface area contributed by atoms with Gasteiger partial charge in [-0.2, -0.15) is 0 Å². The average Bonchev–Trinajstić information content (AvgIpc) is 2.64. The lowest BCUT2D eigenvalue weighted by Crippen LogP contribution is -2.33. The summed E-state index contributed by atoms with van der Waals surface area (Å²) in [6, 6.07) is 6.27. The quantitative estimate of drug-likeness (QED) is 0.869. The molecule has 2 aromatic rings. The first-order valence-corrected chi connectivity index (χ1v) is 7.21. The fourth-order valence-electron chi connectivity index (χ4n) is 3.27. The van der Waals surface area contributed by atoms with Crippen LogP contribution in [-0.4, -0.2) is 34.6 Å². The molecule has 2 N–H and O–H groups in total. The van der Waals surface area contributed by atoms with Crippen molar-refractivity contribution < 1.29 is 5.11 Å². The van der Waals surface area contributed by atoms with Crippen molar-refractivity contribution in [1.29, 1.82) is 0 Å². The van der Waals surface area contributed by atoms with Crippen LogP contribution in [0.1, 0.15) is 31.0 Å². The first kappa shape index (κ1) is 12.5. The molecule has 1 aromatic heterocycles. The highest BCUT2D eigenvalue weighted by molar-refractivity contribution is 5.86. The van der Waals surface area contributed by atoms with Crippen molar-refractivity contribution in [3.63, 3.8) is 0 Å². The molecule has 0 fully saturated rings. The molecule has 0 bridgehead atoms. The average molecular weight is 258 g/mol. The third kappa shape index (κ3) is 2.23. The Bertz CT molecular complexity index is 588. The van der Waals surface area contributed by atoms with Gasteiger partial charge < -0.3 is 15.0 Å². The summed E-state index contributed by atoms with van der Waals surface area (Å²) in [6.45, 7) is 3.35. The largest absolute Gasteiger partial charge is 0.508 e. The standard InChI is InChI=1S/C16H22N2O/c1-3-4-11-9-16-13(7-8-18(11)2)14-10-12(19)5-6-15(14)17-16/h5-6,10-11,17,19H,3-4,7-9H2,1-2H3. The fraction of sp³-hybridized carbons (Fsp3) is 0.500. The molecule has 102 valence electrons. The molecule has 3 heteroatoms. The SMILES string of the molecule is CCCC1Cc2[nH]c3ccc(O)cc3c2CCN1C. The van der Waals surface area contributed by atoms with E-state index in [0.29, 0.717) is 11.8 Å². The summed E-state index contributed by atoms with van der Waals surface area (Å²) < 4.78 is 0. The molecule has 19 heavy (non-hydrogen) atoms. The topological polar surface area (TPSA) is 39.3 Å². The van der Waals surface area contributed by atoms with E-state index in [0.717, 1.165) is 24.9 Å². The molecule has 1 atom stereocenters. The summed E-state index contributed by atoms with van der Waals surface area (Å²) >= 11 is 0. The fourth-order valence-corrected chi connectivity index (χ4v) is 3.27. The zero-order valence-corrected chi connectivity index (χ0v) is 11.7. The number of H-pyrrole nitrogens is 1. The number of aromatic amines is 1. The van der Waals surface area contributed by atoms with Crippen molar-refractivity contribution in [2.24, 2.45) is 0 Å². The van der Waals surface area contributed by atoms with Crippen molar-refractivity contribution in [2.45, 2.75) is 38.6 Å². The number of hydrogen-bond acceptors (Lipinski definition) is 2. The molecule has 1 aliphatic heterocycles. The Balaban J connectivity index is 2.03. The van der Waals surface area contributed by atoms with E-state index in [1.54, 1.807) is 6.07 Å². The summed E-state index contributed by atoms with van der Waals surface area (Å²) in [7, 11) is 2.23. The summed E-state index contributed by atoms with van der Waals surface area (Å²) in [5.41, 5.74) is 3.92. The van der Waals surface area contributed by atoms with E-state index in [1.165, 1.54) is 29.5 Å². The summed E-state index contributed by atoms with van der Waals surface area (Å²) in [6.07, 6.45) is 4.63. The predicted molar refractivity (Wildman–Crippen MR) is 78.7 cm³/mol. The van der Waals surface area contributed by atoms with Gasteiger partial charge in [-0.05, 0) is 43.7 Å². The van der Waals surface area contributed by atoms with Gasteiger partial charge in [0.05, 0.1) is 0 Å². The number of phenolic OH excluding ortho intramolecular Hbond substituents is 1. The van der Waals surface area contributed by atoms with Crippen LogP contribution in [0.15, 0.2) is 18.2 Å². The van der Waals surface area contributed by atoms with Crippen molar-refractivity contribution in [3.05, 3.63) is 29.5 Å². The number of nitrogens with one attached hydrogen (secondary N) is 1. The minimum absolute atomic E-state index is 0.358. The first-order chi connectivity index (χ1) is 9.19. The normalized spacial score (nSPS) is 20.4. The van der Waals surface area contributed by atoms with Crippen LogP contribution in [0.3, 0.4) is 0 Å². The van der Waals surface area contributed by atoms with E-state index in [-0.39, 0.29) is 0 Å². The van der Waals surface area contributed by atoms with Gasteiger partial charge in [0.25, 0.3) is 0 Å². The second-order valence-electron chi connectivity index (χ2n) is 5.69.